The molecule has 0 saturated carbocycles. The zero-order valence-corrected chi connectivity index (χ0v) is 16.5. The maximum Gasteiger partial charge on any atom is 0.416 e. The van der Waals surface area contributed by atoms with E-state index in [2.05, 4.69) is 10.5 Å². The van der Waals surface area contributed by atoms with Crippen LogP contribution in [0.5, 0.6) is 5.75 Å². The molecule has 8 heteroatoms. The summed E-state index contributed by atoms with van der Waals surface area (Å²) in [5, 5.41) is 6.63. The minimum atomic E-state index is -4.35. The molecule has 0 fully saturated rings. The number of hydrogen-bond donors (Lipinski definition) is 1. The summed E-state index contributed by atoms with van der Waals surface area (Å²) in [6, 6.07) is 11.6. The van der Waals surface area contributed by atoms with Gasteiger partial charge in [-0.25, -0.2) is 0 Å². The van der Waals surface area contributed by atoms with E-state index >= 15 is 0 Å². The summed E-state index contributed by atoms with van der Waals surface area (Å²) in [7, 11) is 0. The molecule has 1 aromatic heterocycles. The number of benzene rings is 2. The Kier molecular flexibility index (Phi) is 6.44. The Morgan fingerprint density at radius 1 is 1.07 bits per heavy atom. The number of hydrogen-bond acceptors (Lipinski definition) is 4. The Labute approximate surface area is 171 Å². The predicted molar refractivity (Wildman–Crippen MR) is 104 cm³/mol. The summed E-state index contributed by atoms with van der Waals surface area (Å²) in [6.45, 7) is 4.29. The Morgan fingerprint density at radius 3 is 2.30 bits per heavy atom. The van der Waals surface area contributed by atoms with Crippen molar-refractivity contribution in [1.82, 2.24) is 10.5 Å². The lowest BCUT2D eigenvalue weighted by Crippen LogP contribution is -2.25. The smallest absolute Gasteiger partial charge is 0.416 e. The molecule has 0 saturated heterocycles. The number of nitrogens with one attached hydrogen (secondary N) is 1. The van der Waals surface area contributed by atoms with E-state index in [1.807, 2.05) is 13.8 Å². The summed E-state index contributed by atoms with van der Waals surface area (Å²) in [4.78, 5) is 12.2. The quantitative estimate of drug-likeness (QED) is 0.595. The van der Waals surface area contributed by atoms with Gasteiger partial charge in [0, 0.05) is 12.1 Å². The Balaban J connectivity index is 1.47. The van der Waals surface area contributed by atoms with Gasteiger partial charge in [-0.2, -0.15) is 13.2 Å². The van der Waals surface area contributed by atoms with Gasteiger partial charge in [0.1, 0.15) is 18.1 Å². The van der Waals surface area contributed by atoms with Crippen LogP contribution in [0.25, 0.3) is 0 Å². The normalized spacial score (nSPS) is 11.4. The third-order valence-electron chi connectivity index (χ3n) is 4.66. The van der Waals surface area contributed by atoms with Gasteiger partial charge in [-0.3, -0.25) is 4.79 Å². The van der Waals surface area contributed by atoms with Gasteiger partial charge in [0.15, 0.2) is 0 Å². The first kappa shape index (κ1) is 21.4. The molecule has 2 aromatic carbocycles. The fourth-order valence-corrected chi connectivity index (χ4v) is 2.85. The molecule has 1 amide bonds. The number of carbonyl (C=O) groups is 1. The summed E-state index contributed by atoms with van der Waals surface area (Å²) in [5.74, 6) is 1.05. The first-order chi connectivity index (χ1) is 14.2. The van der Waals surface area contributed by atoms with Crippen molar-refractivity contribution in [2.24, 2.45) is 0 Å². The highest BCUT2D eigenvalue weighted by atomic mass is 19.4. The molecule has 30 heavy (non-hydrogen) atoms. The van der Waals surface area contributed by atoms with Gasteiger partial charge < -0.3 is 14.6 Å². The van der Waals surface area contributed by atoms with E-state index in [0.717, 1.165) is 23.4 Å². The van der Waals surface area contributed by atoms with E-state index in [0.29, 0.717) is 42.2 Å². The van der Waals surface area contributed by atoms with Gasteiger partial charge >= 0.3 is 6.18 Å². The number of ether oxygens (including phenoxy) is 1. The third kappa shape index (κ3) is 5.40. The van der Waals surface area contributed by atoms with Crippen LogP contribution in [-0.2, 0) is 19.2 Å². The number of carbonyl (C=O) groups excluding carboxylic acids is 1. The first-order valence-electron chi connectivity index (χ1n) is 9.33. The Morgan fingerprint density at radius 2 is 1.73 bits per heavy atom. The van der Waals surface area contributed by atoms with Crippen LogP contribution in [0.1, 0.15) is 38.5 Å². The lowest BCUT2D eigenvalue weighted by Gasteiger charge is -2.09. The SMILES string of the molecule is Cc1noc(C)c1COc1ccc(C(=O)NCCc2ccc(C(F)(F)F)cc2)cc1. The zero-order valence-electron chi connectivity index (χ0n) is 16.5. The zero-order chi connectivity index (χ0) is 21.7. The maximum absolute atomic E-state index is 12.6. The molecule has 1 N–H and O–H groups in total. The lowest BCUT2D eigenvalue weighted by molar-refractivity contribution is -0.137. The van der Waals surface area contributed by atoms with Crippen LogP contribution in [0.2, 0.25) is 0 Å². The van der Waals surface area contributed by atoms with E-state index in [-0.39, 0.29) is 5.91 Å². The molecule has 1 heterocycles. The molecule has 0 bridgehead atoms. The van der Waals surface area contributed by atoms with Crippen molar-refractivity contribution in [2.75, 3.05) is 6.54 Å². The molecular weight excluding hydrogens is 397 g/mol. The highest BCUT2D eigenvalue weighted by Crippen LogP contribution is 2.29. The van der Waals surface area contributed by atoms with Crippen LogP contribution in [0.3, 0.4) is 0 Å². The molecule has 0 aliphatic carbocycles. The second-order valence-corrected chi connectivity index (χ2v) is 6.82. The minimum Gasteiger partial charge on any atom is -0.489 e. The number of nitrogens with zero attached hydrogens (tertiary/aromatic N) is 1. The number of amides is 1. The lowest BCUT2D eigenvalue weighted by atomic mass is 10.1. The Bertz CT molecular complexity index is 974. The summed E-state index contributed by atoms with van der Waals surface area (Å²) < 4.78 is 48.5. The monoisotopic (exact) mass is 418 g/mol. The van der Waals surface area contributed by atoms with Crippen molar-refractivity contribution in [3.8, 4) is 5.75 Å². The summed E-state index contributed by atoms with van der Waals surface area (Å²) in [5.41, 5.74) is 2.15. The average Bonchev–Trinajstić information content (AvgIpc) is 3.04. The largest absolute Gasteiger partial charge is 0.489 e. The van der Waals surface area contributed by atoms with Gasteiger partial charge in [0.2, 0.25) is 0 Å². The van der Waals surface area contributed by atoms with Crippen molar-refractivity contribution in [3.05, 3.63) is 82.2 Å². The number of alkyl halides is 3. The highest BCUT2D eigenvalue weighted by Gasteiger charge is 2.29. The minimum absolute atomic E-state index is 0.265. The standard InChI is InChI=1S/C22H21F3N2O3/c1-14-20(15(2)30-27-14)13-29-19-9-5-17(6-10-19)21(28)26-12-11-16-3-7-18(8-4-16)22(23,24)25/h3-10H,11-13H2,1-2H3,(H,26,28). The van der Waals surface area contributed by atoms with Crippen LogP contribution in [0, 0.1) is 13.8 Å². The highest BCUT2D eigenvalue weighted by molar-refractivity contribution is 5.94. The van der Waals surface area contributed by atoms with Crippen molar-refractivity contribution >= 4 is 5.91 Å². The molecule has 3 aromatic rings. The molecule has 0 aliphatic rings. The topological polar surface area (TPSA) is 64.4 Å². The fraction of sp³-hybridized carbons (Fsp3) is 0.273. The van der Waals surface area contributed by atoms with Crippen LogP contribution >= 0.6 is 0 Å². The molecule has 3 rings (SSSR count). The van der Waals surface area contributed by atoms with Crippen LogP contribution in [0.4, 0.5) is 13.2 Å². The molecule has 0 aliphatic heterocycles. The van der Waals surface area contributed by atoms with E-state index in [1.54, 1.807) is 24.3 Å². The number of rotatable bonds is 7. The average molecular weight is 418 g/mol. The molecule has 0 radical (unpaired) electrons. The van der Waals surface area contributed by atoms with Gasteiger partial charge in [0.25, 0.3) is 5.91 Å². The molecule has 0 atom stereocenters. The number of aryl methyl sites for hydroxylation is 2. The van der Waals surface area contributed by atoms with Gasteiger partial charge in [0.05, 0.1) is 16.8 Å². The van der Waals surface area contributed by atoms with Crippen LogP contribution in [-0.4, -0.2) is 17.6 Å². The van der Waals surface area contributed by atoms with Crippen molar-refractivity contribution in [1.29, 1.82) is 0 Å². The van der Waals surface area contributed by atoms with Crippen molar-refractivity contribution < 1.29 is 27.2 Å². The van der Waals surface area contributed by atoms with Gasteiger partial charge in [-0.05, 0) is 62.2 Å². The summed E-state index contributed by atoms with van der Waals surface area (Å²) in [6.07, 6.45) is -3.92. The van der Waals surface area contributed by atoms with Gasteiger partial charge in [-0.15, -0.1) is 0 Å². The number of aromatic nitrogens is 1. The fourth-order valence-electron chi connectivity index (χ4n) is 2.85. The van der Waals surface area contributed by atoms with E-state index in [4.69, 9.17) is 9.26 Å². The molecular formula is C22H21F3N2O3. The molecule has 0 spiro atoms. The van der Waals surface area contributed by atoms with E-state index in [1.165, 1.54) is 12.1 Å². The third-order valence-corrected chi connectivity index (χ3v) is 4.66. The van der Waals surface area contributed by atoms with Gasteiger partial charge in [-0.1, -0.05) is 17.3 Å². The first-order valence-corrected chi connectivity index (χ1v) is 9.33. The maximum atomic E-state index is 12.6. The second-order valence-electron chi connectivity index (χ2n) is 6.82. The van der Waals surface area contributed by atoms with Crippen molar-refractivity contribution in [2.45, 2.75) is 33.1 Å². The molecule has 0 unspecified atom stereocenters. The molecule has 158 valence electrons. The molecule has 5 nitrogen and oxygen atoms in total. The number of halogens is 3. The Hall–Kier alpha value is -3.29. The summed E-state index contributed by atoms with van der Waals surface area (Å²) >= 11 is 0. The predicted octanol–water partition coefficient (Wildman–Crippen LogP) is 4.86. The van der Waals surface area contributed by atoms with Crippen LogP contribution in [0.15, 0.2) is 53.1 Å². The van der Waals surface area contributed by atoms with E-state index < -0.39 is 11.7 Å². The van der Waals surface area contributed by atoms with E-state index in [9.17, 15) is 18.0 Å². The van der Waals surface area contributed by atoms with Crippen LogP contribution < -0.4 is 10.1 Å². The second kappa shape index (κ2) is 9.02. The van der Waals surface area contributed by atoms with Crippen molar-refractivity contribution in [3.63, 3.8) is 0 Å².